The van der Waals surface area contributed by atoms with Gasteiger partial charge in [0.1, 0.15) is 0 Å². The Labute approximate surface area is 120 Å². The molecule has 0 aliphatic rings. The Morgan fingerprint density at radius 3 is 2.60 bits per heavy atom. The van der Waals surface area contributed by atoms with Crippen LogP contribution in [0.4, 0.5) is 0 Å². The first-order valence-electron chi connectivity index (χ1n) is 7.43. The second-order valence-electron chi connectivity index (χ2n) is 5.47. The van der Waals surface area contributed by atoms with Gasteiger partial charge < -0.3 is 10.3 Å². The number of nitrogens with zero attached hydrogens (tertiary/aromatic N) is 4. The summed E-state index contributed by atoms with van der Waals surface area (Å²) < 4.78 is 4.11. The zero-order valence-electron chi connectivity index (χ0n) is 12.7. The van der Waals surface area contributed by atoms with Gasteiger partial charge in [-0.05, 0) is 19.3 Å². The summed E-state index contributed by atoms with van der Waals surface area (Å²) in [6.45, 7) is 8.16. The molecule has 5 heteroatoms. The standard InChI is InChI=1S/C15H25N5/c1-4-7-20-10-13(8-18-20)14-9-17-12-19(14)11-15(16,5-2)6-3/h8-10,12H,4-7,11,16H2,1-3H3. The molecular formula is C15H25N5. The Bertz CT molecular complexity index is 536. The van der Waals surface area contributed by atoms with E-state index in [2.05, 4.69) is 41.6 Å². The van der Waals surface area contributed by atoms with E-state index in [-0.39, 0.29) is 5.54 Å². The highest BCUT2D eigenvalue weighted by Gasteiger charge is 2.22. The van der Waals surface area contributed by atoms with Crippen molar-refractivity contribution in [1.29, 1.82) is 0 Å². The summed E-state index contributed by atoms with van der Waals surface area (Å²) >= 11 is 0. The zero-order valence-corrected chi connectivity index (χ0v) is 12.7. The number of hydrogen-bond acceptors (Lipinski definition) is 3. The average molecular weight is 275 g/mol. The van der Waals surface area contributed by atoms with E-state index in [1.165, 1.54) is 0 Å². The summed E-state index contributed by atoms with van der Waals surface area (Å²) in [5, 5.41) is 4.38. The SMILES string of the molecule is CCCn1cc(-c2cncn2CC(N)(CC)CC)cn1. The molecular weight excluding hydrogens is 250 g/mol. The molecule has 0 amide bonds. The van der Waals surface area contributed by atoms with Gasteiger partial charge in [0.05, 0.1) is 24.4 Å². The molecule has 0 bridgehead atoms. The maximum absolute atomic E-state index is 6.42. The third-order valence-electron chi connectivity index (χ3n) is 3.99. The topological polar surface area (TPSA) is 61.7 Å². The number of imidazole rings is 1. The fourth-order valence-corrected chi connectivity index (χ4v) is 2.35. The lowest BCUT2D eigenvalue weighted by molar-refractivity contribution is 0.340. The molecule has 0 saturated heterocycles. The van der Waals surface area contributed by atoms with Crippen molar-refractivity contribution in [2.45, 2.75) is 58.7 Å². The third kappa shape index (κ3) is 3.10. The highest BCUT2D eigenvalue weighted by Crippen LogP contribution is 2.22. The summed E-state index contributed by atoms with van der Waals surface area (Å²) in [6.07, 6.45) is 10.7. The van der Waals surface area contributed by atoms with Gasteiger partial charge in [0.15, 0.2) is 0 Å². The minimum atomic E-state index is -0.172. The number of nitrogens with two attached hydrogens (primary N) is 1. The van der Waals surface area contributed by atoms with Crippen LogP contribution in [0.1, 0.15) is 40.0 Å². The van der Waals surface area contributed by atoms with Crippen LogP contribution in [0.2, 0.25) is 0 Å². The second kappa shape index (κ2) is 6.22. The van der Waals surface area contributed by atoms with Crippen LogP contribution in [0.15, 0.2) is 24.9 Å². The van der Waals surface area contributed by atoms with Crippen molar-refractivity contribution < 1.29 is 0 Å². The maximum Gasteiger partial charge on any atom is 0.0951 e. The lowest BCUT2D eigenvalue weighted by atomic mass is 9.94. The van der Waals surface area contributed by atoms with Gasteiger partial charge in [0.2, 0.25) is 0 Å². The fourth-order valence-electron chi connectivity index (χ4n) is 2.35. The quantitative estimate of drug-likeness (QED) is 0.845. The van der Waals surface area contributed by atoms with Crippen molar-refractivity contribution in [2.75, 3.05) is 0 Å². The highest BCUT2D eigenvalue weighted by molar-refractivity contribution is 5.56. The number of hydrogen-bond donors (Lipinski definition) is 1. The summed E-state index contributed by atoms with van der Waals surface area (Å²) in [5.74, 6) is 0. The van der Waals surface area contributed by atoms with Crippen LogP contribution in [0, 0.1) is 0 Å². The maximum atomic E-state index is 6.42. The van der Waals surface area contributed by atoms with Gasteiger partial charge >= 0.3 is 0 Å². The van der Waals surface area contributed by atoms with Crippen LogP contribution in [0.25, 0.3) is 11.3 Å². The first-order chi connectivity index (χ1) is 9.61. The Morgan fingerprint density at radius 1 is 1.20 bits per heavy atom. The van der Waals surface area contributed by atoms with Crippen molar-refractivity contribution >= 4 is 0 Å². The van der Waals surface area contributed by atoms with Crippen molar-refractivity contribution in [3.63, 3.8) is 0 Å². The molecule has 110 valence electrons. The average Bonchev–Trinajstić information content (AvgIpc) is 3.08. The summed E-state index contributed by atoms with van der Waals surface area (Å²) in [5.41, 5.74) is 8.44. The molecule has 0 atom stereocenters. The normalized spacial score (nSPS) is 12.0. The largest absolute Gasteiger partial charge is 0.329 e. The molecule has 2 aromatic rings. The van der Waals surface area contributed by atoms with Gasteiger partial charge in [-0.2, -0.15) is 5.10 Å². The van der Waals surface area contributed by atoms with Crippen molar-refractivity contribution in [2.24, 2.45) is 5.73 Å². The smallest absolute Gasteiger partial charge is 0.0951 e. The molecule has 2 heterocycles. The van der Waals surface area contributed by atoms with Gasteiger partial charge in [-0.3, -0.25) is 4.68 Å². The van der Waals surface area contributed by atoms with E-state index >= 15 is 0 Å². The Hall–Kier alpha value is -1.62. The number of aromatic nitrogens is 4. The lowest BCUT2D eigenvalue weighted by Crippen LogP contribution is -2.42. The number of rotatable bonds is 7. The van der Waals surface area contributed by atoms with Crippen LogP contribution in [0.5, 0.6) is 0 Å². The van der Waals surface area contributed by atoms with Gasteiger partial charge in [-0.1, -0.05) is 20.8 Å². The predicted molar refractivity (Wildman–Crippen MR) is 81.2 cm³/mol. The van der Waals surface area contributed by atoms with Crippen molar-refractivity contribution in [3.8, 4) is 11.3 Å². The van der Waals surface area contributed by atoms with Gasteiger partial charge in [-0.15, -0.1) is 0 Å². The van der Waals surface area contributed by atoms with Gasteiger partial charge in [0.25, 0.3) is 0 Å². The first-order valence-corrected chi connectivity index (χ1v) is 7.43. The summed E-state index contributed by atoms with van der Waals surface area (Å²) in [6, 6.07) is 0. The Balaban J connectivity index is 2.23. The third-order valence-corrected chi connectivity index (χ3v) is 3.99. The van der Waals surface area contributed by atoms with E-state index in [9.17, 15) is 0 Å². The highest BCUT2D eigenvalue weighted by atomic mass is 15.3. The van der Waals surface area contributed by atoms with Crippen LogP contribution >= 0.6 is 0 Å². The lowest BCUT2D eigenvalue weighted by Gasteiger charge is -2.27. The van der Waals surface area contributed by atoms with Crippen LogP contribution in [-0.4, -0.2) is 24.9 Å². The summed E-state index contributed by atoms with van der Waals surface area (Å²) in [7, 11) is 0. The molecule has 2 rings (SSSR count). The predicted octanol–water partition coefficient (Wildman–Crippen LogP) is 2.67. The van der Waals surface area contributed by atoms with E-state index in [1.54, 1.807) is 0 Å². The zero-order chi connectivity index (χ0) is 14.6. The van der Waals surface area contributed by atoms with Crippen molar-refractivity contribution in [1.82, 2.24) is 19.3 Å². The molecule has 0 fully saturated rings. The molecule has 20 heavy (non-hydrogen) atoms. The Morgan fingerprint density at radius 2 is 1.95 bits per heavy atom. The van der Waals surface area contributed by atoms with E-state index < -0.39 is 0 Å². The molecule has 0 unspecified atom stereocenters. The molecule has 5 nitrogen and oxygen atoms in total. The van der Waals surface area contributed by atoms with Crippen LogP contribution in [-0.2, 0) is 13.1 Å². The first kappa shape index (κ1) is 14.8. The molecule has 2 N–H and O–H groups in total. The summed E-state index contributed by atoms with van der Waals surface area (Å²) in [4.78, 5) is 4.28. The van der Waals surface area contributed by atoms with E-state index in [0.29, 0.717) is 0 Å². The molecule has 0 radical (unpaired) electrons. The molecule has 0 aliphatic heterocycles. The van der Waals surface area contributed by atoms with Crippen LogP contribution in [0.3, 0.4) is 0 Å². The molecule has 0 aromatic carbocycles. The van der Waals surface area contributed by atoms with Gasteiger partial charge in [-0.25, -0.2) is 4.98 Å². The van der Waals surface area contributed by atoms with Gasteiger partial charge in [0, 0.05) is 30.4 Å². The molecule has 0 spiro atoms. The second-order valence-corrected chi connectivity index (χ2v) is 5.47. The monoisotopic (exact) mass is 275 g/mol. The number of aryl methyl sites for hydroxylation is 1. The van der Waals surface area contributed by atoms with E-state index in [4.69, 9.17) is 5.73 Å². The van der Waals surface area contributed by atoms with Crippen LogP contribution < -0.4 is 5.73 Å². The molecule has 0 aliphatic carbocycles. The fraction of sp³-hybridized carbons (Fsp3) is 0.600. The minimum absolute atomic E-state index is 0.172. The molecule has 2 aromatic heterocycles. The van der Waals surface area contributed by atoms with Crippen molar-refractivity contribution in [3.05, 3.63) is 24.9 Å². The Kier molecular flexibility index (Phi) is 4.60. The minimum Gasteiger partial charge on any atom is -0.329 e. The molecule has 0 saturated carbocycles. The van der Waals surface area contributed by atoms with E-state index in [0.717, 1.165) is 43.6 Å². The van der Waals surface area contributed by atoms with E-state index in [1.807, 2.05) is 23.4 Å².